The van der Waals surface area contributed by atoms with Gasteiger partial charge in [-0.25, -0.2) is 14.8 Å². The predicted octanol–water partition coefficient (Wildman–Crippen LogP) is 4.45. The third-order valence-electron chi connectivity index (χ3n) is 4.10. The maximum atomic E-state index is 11.8. The summed E-state index contributed by atoms with van der Waals surface area (Å²) in [5, 5.41) is 17.7. The third-order valence-corrected chi connectivity index (χ3v) is 4.10. The second-order valence-corrected chi connectivity index (χ2v) is 6.15. The molecule has 1 heterocycles. The van der Waals surface area contributed by atoms with Crippen molar-refractivity contribution in [3.05, 3.63) is 70.5 Å². The van der Waals surface area contributed by atoms with Gasteiger partial charge in [0, 0.05) is 5.69 Å². The van der Waals surface area contributed by atoms with E-state index in [2.05, 4.69) is 20.6 Å². The van der Waals surface area contributed by atoms with E-state index in [4.69, 9.17) is 9.47 Å². The summed E-state index contributed by atoms with van der Waals surface area (Å²) in [5.74, 6) is 0.113. The van der Waals surface area contributed by atoms with Gasteiger partial charge in [-0.05, 0) is 50.2 Å². The lowest BCUT2D eigenvalue weighted by atomic mass is 10.2. The molecule has 0 aliphatic carbocycles. The first-order chi connectivity index (χ1) is 15.0. The van der Waals surface area contributed by atoms with Crippen molar-refractivity contribution < 1.29 is 19.2 Å². The number of benzene rings is 2. The molecule has 0 bridgehead atoms. The number of aromatic nitrogens is 2. The van der Waals surface area contributed by atoms with E-state index in [-0.39, 0.29) is 23.9 Å². The van der Waals surface area contributed by atoms with Crippen molar-refractivity contribution in [3.8, 4) is 5.75 Å². The predicted molar refractivity (Wildman–Crippen MR) is 115 cm³/mol. The molecule has 2 aromatic carbocycles. The van der Waals surface area contributed by atoms with Gasteiger partial charge in [0.05, 0.1) is 29.4 Å². The van der Waals surface area contributed by atoms with Gasteiger partial charge in [-0.15, -0.1) is 0 Å². The Labute approximate surface area is 178 Å². The van der Waals surface area contributed by atoms with E-state index >= 15 is 0 Å². The number of esters is 1. The number of ether oxygens (including phenoxy) is 2. The number of carbonyl (C=O) groups excluding carboxylic acids is 1. The highest BCUT2D eigenvalue weighted by molar-refractivity contribution is 5.90. The minimum Gasteiger partial charge on any atom is -0.492 e. The van der Waals surface area contributed by atoms with Gasteiger partial charge in [-0.1, -0.05) is 12.1 Å². The molecule has 0 atom stereocenters. The van der Waals surface area contributed by atoms with Crippen molar-refractivity contribution in [2.75, 3.05) is 23.8 Å². The molecule has 0 fully saturated rings. The Morgan fingerprint density at radius 2 is 1.68 bits per heavy atom. The molecule has 0 amide bonds. The minimum atomic E-state index is -0.569. The highest BCUT2D eigenvalue weighted by atomic mass is 16.6. The molecule has 0 aliphatic rings. The number of nitro groups is 1. The molecule has 10 heteroatoms. The van der Waals surface area contributed by atoms with Crippen molar-refractivity contribution >= 4 is 34.7 Å². The Kier molecular flexibility index (Phi) is 6.94. The summed E-state index contributed by atoms with van der Waals surface area (Å²) >= 11 is 0. The lowest BCUT2D eigenvalue weighted by Gasteiger charge is -2.13. The van der Waals surface area contributed by atoms with Crippen LogP contribution in [0.3, 0.4) is 0 Å². The third kappa shape index (κ3) is 5.24. The summed E-state index contributed by atoms with van der Waals surface area (Å²) in [4.78, 5) is 31.1. The number of carbonyl (C=O) groups is 1. The zero-order valence-corrected chi connectivity index (χ0v) is 17.0. The van der Waals surface area contributed by atoms with Crippen LogP contribution in [0.5, 0.6) is 5.75 Å². The molecule has 0 spiro atoms. The zero-order valence-electron chi connectivity index (χ0n) is 17.0. The molecule has 0 saturated heterocycles. The summed E-state index contributed by atoms with van der Waals surface area (Å²) in [7, 11) is 0. The first-order valence-electron chi connectivity index (χ1n) is 9.56. The molecule has 31 heavy (non-hydrogen) atoms. The van der Waals surface area contributed by atoms with Gasteiger partial charge in [0.15, 0.2) is 0 Å². The standard InChI is InChI=1S/C21H21N5O5/c1-3-30-17-8-6-5-7-16(17)25-20-18(26(28)29)19(22-13-23-20)24-15-11-9-14(10-12-15)21(27)31-4-2/h5-13H,3-4H2,1-2H3,(H2,22,23,24,25). The van der Waals surface area contributed by atoms with Crippen LogP contribution in [-0.2, 0) is 4.74 Å². The summed E-state index contributed by atoms with van der Waals surface area (Å²) in [5.41, 5.74) is 1.09. The Morgan fingerprint density at radius 1 is 1.00 bits per heavy atom. The van der Waals surface area contributed by atoms with E-state index in [1.165, 1.54) is 6.33 Å². The van der Waals surface area contributed by atoms with Gasteiger partial charge < -0.3 is 20.1 Å². The normalized spacial score (nSPS) is 10.3. The number of para-hydroxylation sites is 2. The van der Waals surface area contributed by atoms with Crippen LogP contribution in [0, 0.1) is 10.1 Å². The molecule has 3 aromatic rings. The quantitative estimate of drug-likeness (QED) is 0.291. The lowest BCUT2D eigenvalue weighted by molar-refractivity contribution is -0.383. The molecule has 1 aromatic heterocycles. The topological polar surface area (TPSA) is 129 Å². The lowest BCUT2D eigenvalue weighted by Crippen LogP contribution is -2.07. The summed E-state index contributed by atoms with van der Waals surface area (Å²) in [6.45, 7) is 4.28. The Morgan fingerprint density at radius 3 is 2.32 bits per heavy atom. The van der Waals surface area contributed by atoms with Crippen molar-refractivity contribution in [3.63, 3.8) is 0 Å². The van der Waals surface area contributed by atoms with Crippen molar-refractivity contribution in [2.24, 2.45) is 0 Å². The fraction of sp³-hybridized carbons (Fsp3) is 0.190. The van der Waals surface area contributed by atoms with Gasteiger partial charge in [-0.2, -0.15) is 0 Å². The van der Waals surface area contributed by atoms with E-state index in [1.54, 1.807) is 55.5 Å². The second kappa shape index (κ2) is 10.0. The maximum Gasteiger partial charge on any atom is 0.353 e. The highest BCUT2D eigenvalue weighted by Gasteiger charge is 2.24. The molecule has 10 nitrogen and oxygen atoms in total. The number of nitrogens with zero attached hydrogens (tertiary/aromatic N) is 3. The number of hydrogen-bond donors (Lipinski definition) is 2. The van der Waals surface area contributed by atoms with Gasteiger partial charge in [-0.3, -0.25) is 10.1 Å². The average Bonchev–Trinajstić information content (AvgIpc) is 2.76. The largest absolute Gasteiger partial charge is 0.492 e. The minimum absolute atomic E-state index is 0.000255. The smallest absolute Gasteiger partial charge is 0.353 e. The molecular weight excluding hydrogens is 402 g/mol. The molecular formula is C21H21N5O5. The fourth-order valence-corrected chi connectivity index (χ4v) is 2.75. The molecule has 0 radical (unpaired) electrons. The highest BCUT2D eigenvalue weighted by Crippen LogP contribution is 2.35. The molecule has 0 aliphatic heterocycles. The van der Waals surface area contributed by atoms with Gasteiger partial charge in [0.2, 0.25) is 11.6 Å². The van der Waals surface area contributed by atoms with Crippen LogP contribution in [0.1, 0.15) is 24.2 Å². The van der Waals surface area contributed by atoms with Crippen LogP contribution < -0.4 is 15.4 Å². The first-order valence-corrected chi connectivity index (χ1v) is 9.56. The van der Waals surface area contributed by atoms with Crippen LogP contribution in [0.15, 0.2) is 54.9 Å². The van der Waals surface area contributed by atoms with E-state index in [0.29, 0.717) is 29.3 Å². The van der Waals surface area contributed by atoms with Gasteiger partial charge in [0.25, 0.3) is 0 Å². The van der Waals surface area contributed by atoms with Crippen molar-refractivity contribution in [1.29, 1.82) is 0 Å². The van der Waals surface area contributed by atoms with Crippen LogP contribution in [0.2, 0.25) is 0 Å². The Balaban J connectivity index is 1.89. The average molecular weight is 423 g/mol. The van der Waals surface area contributed by atoms with E-state index < -0.39 is 10.9 Å². The van der Waals surface area contributed by atoms with Gasteiger partial charge >= 0.3 is 11.7 Å². The van der Waals surface area contributed by atoms with Crippen molar-refractivity contribution in [2.45, 2.75) is 13.8 Å². The van der Waals surface area contributed by atoms with Crippen LogP contribution in [0.25, 0.3) is 0 Å². The zero-order chi connectivity index (χ0) is 22.2. The number of anilines is 4. The van der Waals surface area contributed by atoms with Gasteiger partial charge in [0.1, 0.15) is 12.1 Å². The summed E-state index contributed by atoms with van der Waals surface area (Å²) in [6, 6.07) is 13.4. The number of rotatable bonds is 9. The first kappa shape index (κ1) is 21.5. The van der Waals surface area contributed by atoms with Crippen LogP contribution in [0.4, 0.5) is 28.7 Å². The Bertz CT molecular complexity index is 1070. The van der Waals surface area contributed by atoms with E-state index in [9.17, 15) is 14.9 Å². The van der Waals surface area contributed by atoms with Crippen LogP contribution >= 0.6 is 0 Å². The van der Waals surface area contributed by atoms with Crippen molar-refractivity contribution in [1.82, 2.24) is 9.97 Å². The fourth-order valence-electron chi connectivity index (χ4n) is 2.75. The monoisotopic (exact) mass is 423 g/mol. The number of nitrogens with one attached hydrogen (secondary N) is 2. The molecule has 3 rings (SSSR count). The maximum absolute atomic E-state index is 11.8. The molecule has 160 valence electrons. The van der Waals surface area contributed by atoms with E-state index in [0.717, 1.165) is 0 Å². The van der Waals surface area contributed by atoms with E-state index in [1.807, 2.05) is 6.92 Å². The molecule has 0 unspecified atom stereocenters. The molecule has 0 saturated carbocycles. The second-order valence-electron chi connectivity index (χ2n) is 6.15. The summed E-state index contributed by atoms with van der Waals surface area (Å²) in [6.07, 6.45) is 1.22. The SMILES string of the molecule is CCOC(=O)c1ccc(Nc2ncnc(Nc3ccccc3OCC)c2[N+](=O)[O-])cc1. The number of hydrogen-bond acceptors (Lipinski definition) is 9. The van der Waals surface area contributed by atoms with Crippen LogP contribution in [-0.4, -0.2) is 34.1 Å². The summed E-state index contributed by atoms with van der Waals surface area (Å²) < 4.78 is 10.5. The Hall–Kier alpha value is -4.21. The molecule has 2 N–H and O–H groups in total.